The van der Waals surface area contributed by atoms with Crippen LogP contribution in [0.4, 0.5) is 0 Å². The number of hydrogen-bond acceptors (Lipinski definition) is 1. The summed E-state index contributed by atoms with van der Waals surface area (Å²) in [7, 11) is 0. The maximum atomic E-state index is 3.44. The van der Waals surface area contributed by atoms with Gasteiger partial charge in [-0.2, -0.15) is 0 Å². The molecular formula is C12H23N. The van der Waals surface area contributed by atoms with Gasteiger partial charge in [0.2, 0.25) is 0 Å². The molecule has 0 radical (unpaired) electrons. The Morgan fingerprint density at radius 1 is 1.38 bits per heavy atom. The van der Waals surface area contributed by atoms with Crippen molar-refractivity contribution in [1.29, 1.82) is 0 Å². The molecule has 1 aliphatic rings. The summed E-state index contributed by atoms with van der Waals surface area (Å²) in [6.07, 6.45) is 7.85. The van der Waals surface area contributed by atoms with Crippen LogP contribution >= 0.6 is 0 Å². The van der Waals surface area contributed by atoms with E-state index in [9.17, 15) is 0 Å². The van der Waals surface area contributed by atoms with Crippen LogP contribution in [0, 0.1) is 5.41 Å². The second kappa shape index (κ2) is 4.80. The zero-order chi connectivity index (χ0) is 9.73. The van der Waals surface area contributed by atoms with Crippen molar-refractivity contribution in [3.05, 3.63) is 11.6 Å². The zero-order valence-electron chi connectivity index (χ0n) is 9.32. The van der Waals surface area contributed by atoms with Crippen molar-refractivity contribution in [2.24, 2.45) is 5.41 Å². The lowest BCUT2D eigenvalue weighted by Gasteiger charge is -2.30. The van der Waals surface area contributed by atoms with Crippen LogP contribution in [0.25, 0.3) is 0 Å². The molecule has 0 aromatic heterocycles. The Morgan fingerprint density at radius 3 is 2.69 bits per heavy atom. The molecule has 0 aromatic carbocycles. The topological polar surface area (TPSA) is 12.0 Å². The van der Waals surface area contributed by atoms with Crippen LogP contribution in [0.2, 0.25) is 0 Å². The van der Waals surface area contributed by atoms with Crippen molar-refractivity contribution in [3.8, 4) is 0 Å². The first-order valence-electron chi connectivity index (χ1n) is 5.57. The van der Waals surface area contributed by atoms with Gasteiger partial charge >= 0.3 is 0 Å². The molecule has 0 saturated carbocycles. The number of allylic oxidation sites excluding steroid dienone is 1. The van der Waals surface area contributed by atoms with E-state index in [0.29, 0.717) is 5.41 Å². The van der Waals surface area contributed by atoms with E-state index < -0.39 is 0 Å². The molecule has 0 unspecified atom stereocenters. The molecule has 0 saturated heterocycles. The molecular weight excluding hydrogens is 158 g/mol. The molecule has 0 atom stereocenters. The summed E-state index contributed by atoms with van der Waals surface area (Å²) in [5, 5.41) is 3.44. The molecule has 0 aromatic rings. The van der Waals surface area contributed by atoms with Gasteiger partial charge in [-0.1, -0.05) is 32.4 Å². The van der Waals surface area contributed by atoms with E-state index in [1.807, 2.05) is 0 Å². The third-order valence-electron chi connectivity index (χ3n) is 2.98. The fourth-order valence-electron chi connectivity index (χ4n) is 2.00. The highest BCUT2D eigenvalue weighted by molar-refractivity contribution is 5.14. The van der Waals surface area contributed by atoms with Crippen molar-refractivity contribution >= 4 is 0 Å². The lowest BCUT2D eigenvalue weighted by atomic mass is 9.78. The summed E-state index contributed by atoms with van der Waals surface area (Å²) in [5.74, 6) is 0. The molecule has 0 aliphatic heterocycles. The van der Waals surface area contributed by atoms with Gasteiger partial charge < -0.3 is 5.32 Å². The molecule has 1 nitrogen and oxygen atoms in total. The van der Waals surface area contributed by atoms with E-state index >= 15 is 0 Å². The molecule has 0 spiro atoms. The minimum atomic E-state index is 0.371. The Bertz CT molecular complexity index is 180. The standard InChI is InChI=1S/C12H23N/c1-4-13-10-12(2,3)11-8-6-5-7-9-11/h8,13H,4-7,9-10H2,1-3H3. The summed E-state index contributed by atoms with van der Waals surface area (Å²) in [6, 6.07) is 0. The van der Waals surface area contributed by atoms with Gasteiger partial charge in [0.25, 0.3) is 0 Å². The Kier molecular flexibility index (Phi) is 3.98. The highest BCUT2D eigenvalue weighted by atomic mass is 14.9. The fraction of sp³-hybridized carbons (Fsp3) is 0.833. The summed E-state index contributed by atoms with van der Waals surface area (Å²) in [6.45, 7) is 9.08. The number of rotatable bonds is 4. The molecule has 1 N–H and O–H groups in total. The first kappa shape index (κ1) is 10.8. The smallest absolute Gasteiger partial charge is 0.00398 e. The lowest BCUT2D eigenvalue weighted by molar-refractivity contribution is 0.388. The second-order valence-corrected chi connectivity index (χ2v) is 4.64. The van der Waals surface area contributed by atoms with E-state index in [1.165, 1.54) is 25.7 Å². The van der Waals surface area contributed by atoms with Gasteiger partial charge in [-0.15, -0.1) is 0 Å². The Balaban J connectivity index is 2.51. The fourth-order valence-corrected chi connectivity index (χ4v) is 2.00. The maximum absolute atomic E-state index is 3.44. The van der Waals surface area contributed by atoms with Crippen LogP contribution in [0.5, 0.6) is 0 Å². The van der Waals surface area contributed by atoms with Crippen LogP contribution in [0.3, 0.4) is 0 Å². The van der Waals surface area contributed by atoms with Gasteiger partial charge in [0, 0.05) is 6.54 Å². The van der Waals surface area contributed by atoms with Crippen LogP contribution in [0.15, 0.2) is 11.6 Å². The van der Waals surface area contributed by atoms with Crippen molar-refractivity contribution in [2.45, 2.75) is 46.5 Å². The monoisotopic (exact) mass is 181 g/mol. The van der Waals surface area contributed by atoms with Gasteiger partial charge in [-0.05, 0) is 37.6 Å². The zero-order valence-corrected chi connectivity index (χ0v) is 9.32. The van der Waals surface area contributed by atoms with E-state index in [0.717, 1.165) is 13.1 Å². The van der Waals surface area contributed by atoms with E-state index in [-0.39, 0.29) is 0 Å². The summed E-state index contributed by atoms with van der Waals surface area (Å²) in [5.41, 5.74) is 2.04. The van der Waals surface area contributed by atoms with Crippen LogP contribution in [0.1, 0.15) is 46.5 Å². The highest BCUT2D eigenvalue weighted by Gasteiger charge is 2.23. The molecule has 1 aliphatic carbocycles. The quantitative estimate of drug-likeness (QED) is 0.657. The Hall–Kier alpha value is -0.300. The van der Waals surface area contributed by atoms with Crippen molar-refractivity contribution in [2.75, 3.05) is 13.1 Å². The van der Waals surface area contributed by atoms with E-state index in [4.69, 9.17) is 0 Å². The SMILES string of the molecule is CCNCC(C)(C)C1=CCCCC1. The average molecular weight is 181 g/mol. The number of hydrogen-bond donors (Lipinski definition) is 1. The molecule has 76 valence electrons. The van der Waals surface area contributed by atoms with Gasteiger partial charge in [0.05, 0.1) is 0 Å². The largest absolute Gasteiger partial charge is 0.316 e. The third-order valence-corrected chi connectivity index (χ3v) is 2.98. The van der Waals surface area contributed by atoms with Crippen LogP contribution < -0.4 is 5.32 Å². The van der Waals surface area contributed by atoms with E-state index in [2.05, 4.69) is 32.2 Å². The lowest BCUT2D eigenvalue weighted by Crippen LogP contribution is -2.31. The molecule has 0 amide bonds. The second-order valence-electron chi connectivity index (χ2n) is 4.64. The maximum Gasteiger partial charge on any atom is 0.00398 e. The van der Waals surface area contributed by atoms with Gasteiger partial charge in [0.15, 0.2) is 0 Å². The summed E-state index contributed by atoms with van der Waals surface area (Å²) < 4.78 is 0. The predicted molar refractivity (Wildman–Crippen MR) is 58.9 cm³/mol. The molecule has 0 bridgehead atoms. The minimum Gasteiger partial charge on any atom is -0.316 e. The molecule has 13 heavy (non-hydrogen) atoms. The highest BCUT2D eigenvalue weighted by Crippen LogP contribution is 2.32. The Morgan fingerprint density at radius 2 is 2.15 bits per heavy atom. The van der Waals surface area contributed by atoms with Gasteiger partial charge in [0.1, 0.15) is 0 Å². The number of nitrogens with one attached hydrogen (secondary N) is 1. The molecule has 0 heterocycles. The minimum absolute atomic E-state index is 0.371. The summed E-state index contributed by atoms with van der Waals surface area (Å²) in [4.78, 5) is 0. The molecule has 1 heteroatoms. The first-order chi connectivity index (χ1) is 6.17. The third kappa shape index (κ3) is 3.15. The van der Waals surface area contributed by atoms with Crippen molar-refractivity contribution in [3.63, 3.8) is 0 Å². The normalized spacial score (nSPS) is 18.5. The molecule has 0 fully saturated rings. The molecule has 1 rings (SSSR count). The summed E-state index contributed by atoms with van der Waals surface area (Å²) >= 11 is 0. The van der Waals surface area contributed by atoms with Crippen molar-refractivity contribution < 1.29 is 0 Å². The predicted octanol–water partition coefficient (Wildman–Crippen LogP) is 3.12. The average Bonchev–Trinajstić information content (AvgIpc) is 2.16. The van der Waals surface area contributed by atoms with Crippen LogP contribution in [-0.2, 0) is 0 Å². The van der Waals surface area contributed by atoms with Crippen molar-refractivity contribution in [1.82, 2.24) is 5.32 Å². The Labute approximate surface area is 82.6 Å². The van der Waals surface area contributed by atoms with Gasteiger partial charge in [-0.3, -0.25) is 0 Å². The van der Waals surface area contributed by atoms with Crippen LogP contribution in [-0.4, -0.2) is 13.1 Å². The first-order valence-corrected chi connectivity index (χ1v) is 5.57. The van der Waals surface area contributed by atoms with E-state index in [1.54, 1.807) is 5.57 Å². The van der Waals surface area contributed by atoms with Gasteiger partial charge in [-0.25, -0.2) is 0 Å².